The van der Waals surface area contributed by atoms with Crippen LogP contribution in [0.2, 0.25) is 0 Å². The Morgan fingerprint density at radius 3 is 2.61 bits per heavy atom. The van der Waals surface area contributed by atoms with Crippen LogP contribution in [0.5, 0.6) is 0 Å². The molecule has 0 spiro atoms. The number of carbonyl (C=O) groups excluding carboxylic acids is 1. The molecule has 1 heterocycles. The van der Waals surface area contributed by atoms with Crippen LogP contribution < -0.4 is 0 Å². The van der Waals surface area contributed by atoms with Gasteiger partial charge in [0.25, 0.3) is 0 Å². The van der Waals surface area contributed by atoms with Crippen LogP contribution in [0.15, 0.2) is 0 Å². The Labute approximate surface area is 107 Å². The first-order valence-electron chi connectivity index (χ1n) is 7.07. The van der Waals surface area contributed by atoms with E-state index in [0.717, 1.165) is 18.8 Å². The summed E-state index contributed by atoms with van der Waals surface area (Å²) in [6.45, 7) is 2.32. The molecule has 4 unspecified atom stereocenters. The van der Waals surface area contributed by atoms with Crippen molar-refractivity contribution in [2.75, 3.05) is 6.54 Å². The highest BCUT2D eigenvalue weighted by Gasteiger charge is 2.51. The van der Waals surface area contributed by atoms with E-state index in [1.54, 1.807) is 11.8 Å². The maximum Gasteiger partial charge on any atom is 0.329 e. The molecule has 3 aliphatic rings. The van der Waals surface area contributed by atoms with Crippen LogP contribution in [0.3, 0.4) is 0 Å². The Kier molecular flexibility index (Phi) is 2.65. The number of likely N-dealkylation sites (tertiary alicyclic amines) is 1. The summed E-state index contributed by atoms with van der Waals surface area (Å²) >= 11 is 0. The van der Waals surface area contributed by atoms with Gasteiger partial charge in [-0.25, -0.2) is 4.79 Å². The molecule has 2 aliphatic carbocycles. The van der Waals surface area contributed by atoms with Crippen molar-refractivity contribution in [1.82, 2.24) is 4.90 Å². The van der Waals surface area contributed by atoms with Gasteiger partial charge in [0.1, 0.15) is 5.54 Å². The Balaban J connectivity index is 1.78. The van der Waals surface area contributed by atoms with Crippen molar-refractivity contribution >= 4 is 11.9 Å². The predicted molar refractivity (Wildman–Crippen MR) is 65.9 cm³/mol. The number of amides is 1. The van der Waals surface area contributed by atoms with E-state index in [2.05, 4.69) is 0 Å². The predicted octanol–water partition coefficient (Wildman–Crippen LogP) is 1.89. The lowest BCUT2D eigenvalue weighted by Crippen LogP contribution is -2.53. The van der Waals surface area contributed by atoms with Gasteiger partial charge in [0.2, 0.25) is 5.91 Å². The molecule has 1 saturated heterocycles. The van der Waals surface area contributed by atoms with Crippen molar-refractivity contribution in [2.24, 2.45) is 17.8 Å². The fraction of sp³-hybridized carbons (Fsp3) is 0.857. The van der Waals surface area contributed by atoms with Gasteiger partial charge in [-0.05, 0) is 50.9 Å². The van der Waals surface area contributed by atoms with Crippen molar-refractivity contribution in [2.45, 2.75) is 51.0 Å². The molecule has 100 valence electrons. The van der Waals surface area contributed by atoms with Crippen LogP contribution in [0.1, 0.15) is 45.4 Å². The van der Waals surface area contributed by atoms with Crippen LogP contribution in [-0.4, -0.2) is 34.0 Å². The monoisotopic (exact) mass is 251 g/mol. The second-order valence-corrected chi connectivity index (χ2v) is 6.45. The number of aliphatic carboxylic acids is 1. The first kappa shape index (κ1) is 12.0. The average molecular weight is 251 g/mol. The zero-order valence-electron chi connectivity index (χ0n) is 10.9. The normalized spacial score (nSPS) is 42.5. The van der Waals surface area contributed by atoms with Crippen LogP contribution >= 0.6 is 0 Å². The average Bonchev–Trinajstić information content (AvgIpc) is 3.02. The van der Waals surface area contributed by atoms with Crippen LogP contribution in [0, 0.1) is 17.8 Å². The molecule has 1 aliphatic heterocycles. The van der Waals surface area contributed by atoms with Crippen molar-refractivity contribution in [3.8, 4) is 0 Å². The van der Waals surface area contributed by atoms with Crippen LogP contribution in [0.4, 0.5) is 0 Å². The Morgan fingerprint density at radius 1 is 1.28 bits per heavy atom. The van der Waals surface area contributed by atoms with Crippen molar-refractivity contribution < 1.29 is 14.7 Å². The van der Waals surface area contributed by atoms with Gasteiger partial charge in [-0.1, -0.05) is 6.42 Å². The molecular weight excluding hydrogens is 230 g/mol. The number of hydrogen-bond acceptors (Lipinski definition) is 2. The van der Waals surface area contributed by atoms with E-state index in [1.807, 2.05) is 0 Å². The molecule has 1 N–H and O–H groups in total. The molecular formula is C14H21NO3. The number of carboxylic acids is 1. The number of hydrogen-bond donors (Lipinski definition) is 1. The minimum Gasteiger partial charge on any atom is -0.480 e. The SMILES string of the molecule is CC1(C(=O)O)CCCN1C(=O)C1CC2CCC1C2. The molecule has 0 aromatic carbocycles. The van der Waals surface area contributed by atoms with Crippen molar-refractivity contribution in [3.05, 3.63) is 0 Å². The molecule has 18 heavy (non-hydrogen) atoms. The maximum absolute atomic E-state index is 12.6. The van der Waals surface area contributed by atoms with E-state index in [0.29, 0.717) is 18.9 Å². The zero-order valence-corrected chi connectivity index (χ0v) is 10.9. The highest BCUT2D eigenvalue weighted by Crippen LogP contribution is 2.49. The zero-order chi connectivity index (χ0) is 12.9. The van der Waals surface area contributed by atoms with Gasteiger partial charge in [-0.2, -0.15) is 0 Å². The molecule has 3 rings (SSSR count). The summed E-state index contributed by atoms with van der Waals surface area (Å²) < 4.78 is 0. The van der Waals surface area contributed by atoms with Crippen LogP contribution in [0.25, 0.3) is 0 Å². The van der Waals surface area contributed by atoms with Gasteiger partial charge < -0.3 is 10.0 Å². The highest BCUT2D eigenvalue weighted by atomic mass is 16.4. The summed E-state index contributed by atoms with van der Waals surface area (Å²) in [5.74, 6) is 0.630. The number of fused-ring (bicyclic) bond motifs is 2. The highest BCUT2D eigenvalue weighted by molar-refractivity contribution is 5.88. The lowest BCUT2D eigenvalue weighted by atomic mass is 9.86. The smallest absolute Gasteiger partial charge is 0.329 e. The molecule has 4 nitrogen and oxygen atoms in total. The summed E-state index contributed by atoms with van der Waals surface area (Å²) in [4.78, 5) is 25.7. The van der Waals surface area contributed by atoms with E-state index in [9.17, 15) is 14.7 Å². The summed E-state index contributed by atoms with van der Waals surface area (Å²) in [5, 5.41) is 9.37. The van der Waals surface area contributed by atoms with Gasteiger partial charge in [-0.15, -0.1) is 0 Å². The first-order chi connectivity index (χ1) is 8.52. The third kappa shape index (κ3) is 1.57. The second kappa shape index (κ2) is 3.97. The first-order valence-corrected chi connectivity index (χ1v) is 7.07. The Hall–Kier alpha value is -1.06. The fourth-order valence-corrected chi connectivity index (χ4v) is 4.29. The van der Waals surface area contributed by atoms with E-state index in [-0.39, 0.29) is 11.8 Å². The van der Waals surface area contributed by atoms with Gasteiger partial charge in [0, 0.05) is 12.5 Å². The number of carbonyl (C=O) groups is 2. The summed E-state index contributed by atoms with van der Waals surface area (Å²) in [7, 11) is 0. The Morgan fingerprint density at radius 2 is 2.06 bits per heavy atom. The standard InChI is InChI=1S/C14H21NO3/c1-14(13(17)18)5-2-6-15(14)12(16)11-8-9-3-4-10(11)7-9/h9-11H,2-8H2,1H3,(H,17,18). The van der Waals surface area contributed by atoms with Crippen molar-refractivity contribution in [3.63, 3.8) is 0 Å². The number of nitrogens with zero attached hydrogens (tertiary/aromatic N) is 1. The van der Waals surface area contributed by atoms with Gasteiger partial charge in [0.15, 0.2) is 0 Å². The van der Waals surface area contributed by atoms with E-state index in [4.69, 9.17) is 0 Å². The third-order valence-corrected chi connectivity index (χ3v) is 5.42. The number of carboxylic acid groups (broad SMARTS) is 1. The molecule has 4 heteroatoms. The van der Waals surface area contributed by atoms with E-state index >= 15 is 0 Å². The molecule has 4 atom stereocenters. The minimum absolute atomic E-state index is 0.112. The molecule has 2 saturated carbocycles. The molecule has 3 fully saturated rings. The summed E-state index contributed by atoms with van der Waals surface area (Å²) in [6, 6.07) is 0. The van der Waals surface area contributed by atoms with Gasteiger partial charge in [0.05, 0.1) is 0 Å². The molecule has 0 aromatic heterocycles. The van der Waals surface area contributed by atoms with Crippen LogP contribution in [-0.2, 0) is 9.59 Å². The summed E-state index contributed by atoms with van der Waals surface area (Å²) in [5.41, 5.74) is -0.959. The second-order valence-electron chi connectivity index (χ2n) is 6.45. The van der Waals surface area contributed by atoms with E-state index in [1.165, 1.54) is 19.3 Å². The van der Waals surface area contributed by atoms with Gasteiger partial charge in [-0.3, -0.25) is 4.79 Å². The largest absolute Gasteiger partial charge is 0.480 e. The quantitative estimate of drug-likeness (QED) is 0.815. The van der Waals surface area contributed by atoms with E-state index < -0.39 is 11.5 Å². The minimum atomic E-state index is -0.959. The molecule has 1 amide bonds. The topological polar surface area (TPSA) is 57.6 Å². The molecule has 0 aromatic rings. The number of rotatable bonds is 2. The Bertz CT molecular complexity index is 395. The van der Waals surface area contributed by atoms with Crippen molar-refractivity contribution in [1.29, 1.82) is 0 Å². The fourth-order valence-electron chi connectivity index (χ4n) is 4.29. The maximum atomic E-state index is 12.6. The third-order valence-electron chi connectivity index (χ3n) is 5.42. The van der Waals surface area contributed by atoms with Gasteiger partial charge >= 0.3 is 5.97 Å². The lowest BCUT2D eigenvalue weighted by Gasteiger charge is -2.35. The molecule has 0 radical (unpaired) electrons. The molecule has 2 bridgehead atoms. The summed E-state index contributed by atoms with van der Waals surface area (Å²) in [6.07, 6.45) is 6.03. The lowest BCUT2D eigenvalue weighted by molar-refractivity contribution is -0.157.